The summed E-state index contributed by atoms with van der Waals surface area (Å²) >= 11 is 0. The van der Waals surface area contributed by atoms with Gasteiger partial charge in [0.1, 0.15) is 0 Å². The number of hydrogen-bond acceptors (Lipinski definition) is 2. The van der Waals surface area contributed by atoms with Crippen molar-refractivity contribution in [2.24, 2.45) is 0 Å². The van der Waals surface area contributed by atoms with Gasteiger partial charge in [-0.2, -0.15) is 0 Å². The molecular weight excluding hydrogens is 204 g/mol. The van der Waals surface area contributed by atoms with E-state index in [0.29, 0.717) is 12.0 Å². The molecule has 0 heterocycles. The maximum Gasteiger partial charge on any atom is 0.251 e. The minimum absolute atomic E-state index is 0.0488. The van der Waals surface area contributed by atoms with Gasteiger partial charge in [0.2, 0.25) is 5.91 Å². The summed E-state index contributed by atoms with van der Waals surface area (Å²) in [5.74, 6) is -0.0799. The Kier molecular flexibility index (Phi) is 4.05. The Morgan fingerprint density at radius 1 is 1.25 bits per heavy atom. The third-order valence-electron chi connectivity index (χ3n) is 2.42. The van der Waals surface area contributed by atoms with Crippen molar-refractivity contribution >= 4 is 17.5 Å². The van der Waals surface area contributed by atoms with Gasteiger partial charge in [-0.05, 0) is 24.3 Å². The molecule has 0 aliphatic heterocycles. The molecule has 0 saturated carbocycles. The monoisotopic (exact) mass is 220 g/mol. The molecule has 16 heavy (non-hydrogen) atoms. The van der Waals surface area contributed by atoms with Crippen molar-refractivity contribution in [3.63, 3.8) is 0 Å². The van der Waals surface area contributed by atoms with Crippen molar-refractivity contribution < 1.29 is 9.59 Å². The minimum atomic E-state index is -0.129. The highest BCUT2D eigenvalue weighted by molar-refractivity contribution is 5.96. The lowest BCUT2D eigenvalue weighted by Gasteiger charge is -2.16. The van der Waals surface area contributed by atoms with Crippen LogP contribution in [0.3, 0.4) is 0 Å². The lowest BCUT2D eigenvalue weighted by atomic mass is 10.2. The smallest absolute Gasteiger partial charge is 0.251 e. The highest BCUT2D eigenvalue weighted by Crippen LogP contribution is 2.14. The molecule has 4 nitrogen and oxygen atoms in total. The first-order valence-corrected chi connectivity index (χ1v) is 5.18. The zero-order valence-corrected chi connectivity index (χ0v) is 9.78. The number of carbonyl (C=O) groups is 2. The van der Waals surface area contributed by atoms with E-state index in [-0.39, 0.29) is 11.8 Å². The third kappa shape index (κ3) is 2.59. The molecule has 1 aromatic carbocycles. The molecule has 2 amide bonds. The molecule has 0 radical (unpaired) electrons. The van der Waals surface area contributed by atoms with Gasteiger partial charge in [-0.3, -0.25) is 9.59 Å². The fraction of sp³-hybridized carbons (Fsp3) is 0.333. The molecule has 0 atom stereocenters. The predicted molar refractivity (Wildman–Crippen MR) is 63.5 cm³/mol. The van der Waals surface area contributed by atoms with Crippen LogP contribution in [0.15, 0.2) is 24.3 Å². The number of rotatable bonds is 3. The number of anilines is 1. The zero-order chi connectivity index (χ0) is 12.1. The van der Waals surface area contributed by atoms with Gasteiger partial charge in [0.25, 0.3) is 5.91 Å². The molecule has 1 aromatic rings. The lowest BCUT2D eigenvalue weighted by Crippen LogP contribution is -2.25. The maximum absolute atomic E-state index is 11.4. The molecule has 0 aliphatic rings. The van der Waals surface area contributed by atoms with Gasteiger partial charge >= 0.3 is 0 Å². The van der Waals surface area contributed by atoms with Crippen LogP contribution >= 0.6 is 0 Å². The Balaban J connectivity index is 2.86. The first-order chi connectivity index (χ1) is 7.60. The molecule has 0 aliphatic carbocycles. The molecule has 1 rings (SSSR count). The van der Waals surface area contributed by atoms with E-state index >= 15 is 0 Å². The van der Waals surface area contributed by atoms with E-state index in [1.807, 2.05) is 6.92 Å². The summed E-state index contributed by atoms with van der Waals surface area (Å²) in [7, 11) is 3.31. The third-order valence-corrected chi connectivity index (χ3v) is 2.42. The second kappa shape index (κ2) is 5.30. The van der Waals surface area contributed by atoms with Crippen molar-refractivity contribution in [3.05, 3.63) is 29.8 Å². The summed E-state index contributed by atoms with van der Waals surface area (Å²) in [5.41, 5.74) is 1.38. The van der Waals surface area contributed by atoms with E-state index in [2.05, 4.69) is 5.32 Å². The highest BCUT2D eigenvalue weighted by atomic mass is 16.2. The Morgan fingerprint density at radius 3 is 2.25 bits per heavy atom. The van der Waals surface area contributed by atoms with E-state index in [9.17, 15) is 9.59 Å². The number of amides is 2. The quantitative estimate of drug-likeness (QED) is 0.837. The number of nitrogens with zero attached hydrogens (tertiary/aromatic N) is 1. The number of hydrogen-bond donors (Lipinski definition) is 1. The van der Waals surface area contributed by atoms with Crippen LogP contribution in [0.5, 0.6) is 0 Å². The lowest BCUT2D eigenvalue weighted by molar-refractivity contribution is -0.118. The van der Waals surface area contributed by atoms with Crippen molar-refractivity contribution in [3.8, 4) is 0 Å². The molecule has 0 spiro atoms. The van der Waals surface area contributed by atoms with E-state index in [0.717, 1.165) is 5.69 Å². The summed E-state index contributed by atoms with van der Waals surface area (Å²) in [6.07, 6.45) is 0.466. The van der Waals surface area contributed by atoms with E-state index in [1.165, 1.54) is 0 Å². The van der Waals surface area contributed by atoms with Crippen LogP contribution in [-0.4, -0.2) is 25.9 Å². The van der Waals surface area contributed by atoms with Gasteiger partial charge in [-0.25, -0.2) is 0 Å². The first-order valence-electron chi connectivity index (χ1n) is 5.18. The molecule has 0 unspecified atom stereocenters. The summed E-state index contributed by atoms with van der Waals surface area (Å²) in [4.78, 5) is 24.3. The van der Waals surface area contributed by atoms with Crippen molar-refractivity contribution in [1.29, 1.82) is 0 Å². The van der Waals surface area contributed by atoms with Crippen molar-refractivity contribution in [2.45, 2.75) is 13.3 Å². The minimum Gasteiger partial charge on any atom is -0.355 e. The van der Waals surface area contributed by atoms with Crippen molar-refractivity contribution in [1.82, 2.24) is 5.32 Å². The molecule has 86 valence electrons. The van der Waals surface area contributed by atoms with Crippen LogP contribution in [-0.2, 0) is 4.79 Å². The topological polar surface area (TPSA) is 49.4 Å². The van der Waals surface area contributed by atoms with E-state index in [1.54, 1.807) is 43.3 Å². The zero-order valence-electron chi connectivity index (χ0n) is 9.78. The molecule has 4 heteroatoms. The van der Waals surface area contributed by atoms with Gasteiger partial charge in [-0.15, -0.1) is 0 Å². The average molecular weight is 220 g/mol. The van der Waals surface area contributed by atoms with Crippen LogP contribution in [0.2, 0.25) is 0 Å². The summed E-state index contributed by atoms with van der Waals surface area (Å²) in [6, 6.07) is 6.93. The Morgan fingerprint density at radius 2 is 1.81 bits per heavy atom. The van der Waals surface area contributed by atoms with Gasteiger partial charge in [0.15, 0.2) is 0 Å². The Hall–Kier alpha value is -1.84. The average Bonchev–Trinajstić information content (AvgIpc) is 2.36. The molecular formula is C12H16N2O2. The van der Waals surface area contributed by atoms with E-state index in [4.69, 9.17) is 0 Å². The fourth-order valence-electron chi connectivity index (χ4n) is 1.36. The van der Waals surface area contributed by atoms with Gasteiger partial charge in [0, 0.05) is 31.8 Å². The maximum atomic E-state index is 11.4. The SMILES string of the molecule is CCC(=O)N(C)c1ccc(C(=O)NC)cc1. The largest absolute Gasteiger partial charge is 0.355 e. The summed E-state index contributed by atoms with van der Waals surface area (Å²) < 4.78 is 0. The van der Waals surface area contributed by atoms with E-state index < -0.39 is 0 Å². The van der Waals surface area contributed by atoms with Crippen molar-refractivity contribution in [2.75, 3.05) is 19.0 Å². The molecule has 0 bridgehead atoms. The normalized spacial score (nSPS) is 9.69. The fourth-order valence-corrected chi connectivity index (χ4v) is 1.36. The van der Waals surface area contributed by atoms with Crippen LogP contribution in [0.4, 0.5) is 5.69 Å². The second-order valence-electron chi connectivity index (χ2n) is 3.43. The van der Waals surface area contributed by atoms with Crippen LogP contribution in [0.25, 0.3) is 0 Å². The first kappa shape index (κ1) is 12.2. The van der Waals surface area contributed by atoms with Crippen LogP contribution in [0, 0.1) is 0 Å². The summed E-state index contributed by atoms with van der Waals surface area (Å²) in [5, 5.41) is 2.54. The Labute approximate surface area is 95.3 Å². The predicted octanol–water partition coefficient (Wildman–Crippen LogP) is 1.42. The second-order valence-corrected chi connectivity index (χ2v) is 3.43. The Bertz CT molecular complexity index is 385. The molecule has 0 saturated heterocycles. The van der Waals surface area contributed by atoms with Gasteiger partial charge in [-0.1, -0.05) is 6.92 Å². The molecule has 1 N–H and O–H groups in total. The standard InChI is InChI=1S/C12H16N2O2/c1-4-11(15)14(3)10-7-5-9(6-8-10)12(16)13-2/h5-8H,4H2,1-3H3,(H,13,16). The number of carbonyl (C=O) groups excluding carboxylic acids is 2. The van der Waals surface area contributed by atoms with Gasteiger partial charge < -0.3 is 10.2 Å². The highest BCUT2D eigenvalue weighted by Gasteiger charge is 2.09. The van der Waals surface area contributed by atoms with Crippen LogP contribution in [0.1, 0.15) is 23.7 Å². The molecule has 0 aromatic heterocycles. The summed E-state index contributed by atoms with van der Waals surface area (Å²) in [6.45, 7) is 1.82. The number of benzene rings is 1. The molecule has 0 fully saturated rings. The number of nitrogens with one attached hydrogen (secondary N) is 1. The van der Waals surface area contributed by atoms with Gasteiger partial charge in [0.05, 0.1) is 0 Å². The van der Waals surface area contributed by atoms with Crippen LogP contribution < -0.4 is 10.2 Å².